The highest BCUT2D eigenvalue weighted by Crippen LogP contribution is 2.37. The molecule has 0 heterocycles. The van der Waals surface area contributed by atoms with Crippen molar-refractivity contribution in [3.8, 4) is 11.5 Å². The van der Waals surface area contributed by atoms with E-state index in [0.717, 1.165) is 18.2 Å². The molecule has 0 bridgehead atoms. The fourth-order valence-electron chi connectivity index (χ4n) is 1.56. The highest BCUT2D eigenvalue weighted by Gasteiger charge is 2.19. The Morgan fingerprint density at radius 1 is 0.909 bits per heavy atom. The normalized spacial score (nSPS) is 10.7. The van der Waals surface area contributed by atoms with Crippen molar-refractivity contribution in [3.63, 3.8) is 0 Å². The van der Waals surface area contributed by atoms with Crippen LogP contribution in [-0.2, 0) is 0 Å². The zero-order valence-corrected chi connectivity index (χ0v) is 10.8. The Hall–Kier alpha value is -3.56. The number of nitro groups is 2. The van der Waals surface area contributed by atoms with Crippen LogP contribution >= 0.6 is 0 Å². The molecule has 2 aromatic rings. The smallest absolute Gasteiger partial charge is 0.303 e. The van der Waals surface area contributed by atoms with Gasteiger partial charge in [0.1, 0.15) is 5.69 Å². The third-order valence-corrected chi connectivity index (χ3v) is 2.63. The van der Waals surface area contributed by atoms with Gasteiger partial charge < -0.3 is 10.2 Å². The lowest BCUT2D eigenvalue weighted by atomic mass is 10.2. The van der Waals surface area contributed by atoms with Gasteiger partial charge in [-0.2, -0.15) is 0 Å². The Balaban J connectivity index is 2.44. The summed E-state index contributed by atoms with van der Waals surface area (Å²) in [6.45, 7) is 0. The predicted octanol–water partition coefficient (Wildman–Crippen LogP) is 3.33. The van der Waals surface area contributed by atoms with Gasteiger partial charge in [0.2, 0.25) is 0 Å². The number of non-ortho nitro benzene ring substituents is 1. The number of rotatable bonds is 4. The summed E-state index contributed by atoms with van der Waals surface area (Å²) in [4.78, 5) is 19.9. The minimum absolute atomic E-state index is 0.104. The molecule has 0 radical (unpaired) electrons. The number of hydrogen-bond donors (Lipinski definition) is 2. The van der Waals surface area contributed by atoms with E-state index < -0.39 is 32.7 Å². The van der Waals surface area contributed by atoms with Crippen LogP contribution in [0.2, 0.25) is 0 Å². The molecule has 10 nitrogen and oxygen atoms in total. The van der Waals surface area contributed by atoms with E-state index in [0.29, 0.717) is 0 Å². The Labute approximate surface area is 122 Å². The Morgan fingerprint density at radius 2 is 1.59 bits per heavy atom. The van der Waals surface area contributed by atoms with Gasteiger partial charge in [0, 0.05) is 6.07 Å². The van der Waals surface area contributed by atoms with Gasteiger partial charge in [-0.25, -0.2) is 0 Å². The van der Waals surface area contributed by atoms with Gasteiger partial charge in [-0.05, 0) is 18.2 Å². The lowest BCUT2D eigenvalue weighted by Gasteiger charge is -2.00. The van der Waals surface area contributed by atoms with Gasteiger partial charge in [-0.1, -0.05) is 6.07 Å². The summed E-state index contributed by atoms with van der Waals surface area (Å²) in [6, 6.07) is 6.83. The van der Waals surface area contributed by atoms with Crippen LogP contribution in [0.4, 0.5) is 22.7 Å². The lowest BCUT2D eigenvalue weighted by Crippen LogP contribution is -1.92. The summed E-state index contributed by atoms with van der Waals surface area (Å²) in [5, 5.41) is 47.6. The maximum absolute atomic E-state index is 10.9. The van der Waals surface area contributed by atoms with Crippen molar-refractivity contribution in [1.29, 1.82) is 0 Å². The van der Waals surface area contributed by atoms with E-state index in [4.69, 9.17) is 0 Å². The number of phenolic OH excluding ortho intramolecular Hbond substituents is 2. The monoisotopic (exact) mass is 304 g/mol. The van der Waals surface area contributed by atoms with E-state index in [2.05, 4.69) is 10.2 Å². The molecule has 112 valence electrons. The molecule has 0 amide bonds. The molecule has 0 aliphatic heterocycles. The second-order valence-electron chi connectivity index (χ2n) is 4.03. The number of hydrogen-bond acceptors (Lipinski definition) is 8. The van der Waals surface area contributed by atoms with Crippen molar-refractivity contribution in [3.05, 3.63) is 56.6 Å². The Bertz CT molecular complexity index is 789. The van der Waals surface area contributed by atoms with E-state index in [1.807, 2.05) is 0 Å². The average Bonchev–Trinajstić information content (AvgIpc) is 2.48. The van der Waals surface area contributed by atoms with Gasteiger partial charge in [-0.15, -0.1) is 10.2 Å². The maximum atomic E-state index is 10.9. The lowest BCUT2D eigenvalue weighted by molar-refractivity contribution is -0.393. The predicted molar refractivity (Wildman–Crippen MR) is 73.7 cm³/mol. The number of nitrogens with zero attached hydrogens (tertiary/aromatic N) is 4. The van der Waals surface area contributed by atoms with E-state index in [-0.39, 0.29) is 11.4 Å². The molecular weight excluding hydrogens is 296 g/mol. The molecule has 0 atom stereocenters. The molecule has 2 N–H and O–H groups in total. The average molecular weight is 304 g/mol. The van der Waals surface area contributed by atoms with Gasteiger partial charge in [0.25, 0.3) is 5.69 Å². The first-order chi connectivity index (χ1) is 10.4. The third kappa shape index (κ3) is 2.95. The molecule has 10 heteroatoms. The van der Waals surface area contributed by atoms with Crippen molar-refractivity contribution in [2.24, 2.45) is 10.2 Å². The van der Waals surface area contributed by atoms with Crippen molar-refractivity contribution in [2.75, 3.05) is 0 Å². The number of aromatic hydroxyl groups is 2. The van der Waals surface area contributed by atoms with Crippen LogP contribution in [0.25, 0.3) is 0 Å². The molecule has 0 saturated heterocycles. The van der Waals surface area contributed by atoms with Crippen LogP contribution in [0.3, 0.4) is 0 Å². The Kier molecular flexibility index (Phi) is 3.93. The molecular formula is C12H8N4O6. The first kappa shape index (κ1) is 14.8. The molecule has 0 spiro atoms. The first-order valence-electron chi connectivity index (χ1n) is 5.75. The van der Waals surface area contributed by atoms with Crippen molar-refractivity contribution < 1.29 is 20.1 Å². The zero-order valence-electron chi connectivity index (χ0n) is 10.8. The van der Waals surface area contributed by atoms with Crippen LogP contribution in [0.15, 0.2) is 46.6 Å². The van der Waals surface area contributed by atoms with Crippen molar-refractivity contribution in [2.45, 2.75) is 0 Å². The molecule has 0 aliphatic rings. The quantitative estimate of drug-likeness (QED) is 0.382. The Morgan fingerprint density at radius 3 is 2.23 bits per heavy atom. The molecule has 0 unspecified atom stereocenters. The molecule has 2 rings (SSSR count). The summed E-state index contributed by atoms with van der Waals surface area (Å²) in [5.74, 6) is -0.953. The summed E-state index contributed by atoms with van der Waals surface area (Å²) in [6.07, 6.45) is 0. The fourth-order valence-corrected chi connectivity index (χ4v) is 1.56. The standard InChI is InChI=1S/C12H8N4O6/c17-11-3-1-2-9(12(11)18)14-13-8-5-4-7(15(19)20)6-10(8)16(21)22/h1-6,17-18H. The SMILES string of the molecule is O=[N+]([O-])c1ccc(N=Nc2cccc(O)c2O)c([N+](=O)[O-])c1. The molecule has 0 fully saturated rings. The minimum atomic E-state index is -0.830. The number of benzene rings is 2. The summed E-state index contributed by atoms with van der Waals surface area (Å²) < 4.78 is 0. The number of phenols is 2. The van der Waals surface area contributed by atoms with Crippen LogP contribution in [0.5, 0.6) is 11.5 Å². The first-order valence-corrected chi connectivity index (χ1v) is 5.75. The van der Waals surface area contributed by atoms with E-state index in [9.17, 15) is 30.4 Å². The van der Waals surface area contributed by atoms with Crippen LogP contribution < -0.4 is 0 Å². The largest absolute Gasteiger partial charge is 0.504 e. The molecule has 22 heavy (non-hydrogen) atoms. The second-order valence-corrected chi connectivity index (χ2v) is 4.03. The third-order valence-electron chi connectivity index (χ3n) is 2.63. The van der Waals surface area contributed by atoms with Crippen molar-refractivity contribution in [1.82, 2.24) is 0 Å². The molecule has 0 saturated carbocycles. The highest BCUT2D eigenvalue weighted by atomic mass is 16.6. The number of nitro benzene ring substituents is 2. The summed E-state index contributed by atoms with van der Waals surface area (Å²) >= 11 is 0. The maximum Gasteiger partial charge on any atom is 0.303 e. The van der Waals surface area contributed by atoms with Gasteiger partial charge in [0.15, 0.2) is 17.2 Å². The van der Waals surface area contributed by atoms with Crippen LogP contribution in [0, 0.1) is 20.2 Å². The van der Waals surface area contributed by atoms with Gasteiger partial charge in [-0.3, -0.25) is 20.2 Å². The number of azo groups is 1. The van der Waals surface area contributed by atoms with Gasteiger partial charge in [0.05, 0.1) is 15.9 Å². The van der Waals surface area contributed by atoms with Crippen LogP contribution in [-0.4, -0.2) is 20.1 Å². The number of para-hydroxylation sites is 1. The van der Waals surface area contributed by atoms with Gasteiger partial charge >= 0.3 is 5.69 Å². The highest BCUT2D eigenvalue weighted by molar-refractivity contribution is 5.62. The topological polar surface area (TPSA) is 151 Å². The fraction of sp³-hybridized carbons (Fsp3) is 0. The molecule has 0 aliphatic carbocycles. The summed E-state index contributed by atoms with van der Waals surface area (Å²) in [7, 11) is 0. The molecule has 0 aromatic heterocycles. The molecule has 2 aromatic carbocycles. The van der Waals surface area contributed by atoms with E-state index in [1.165, 1.54) is 18.2 Å². The second kappa shape index (κ2) is 5.83. The zero-order chi connectivity index (χ0) is 16.3. The minimum Gasteiger partial charge on any atom is -0.504 e. The van der Waals surface area contributed by atoms with Crippen molar-refractivity contribution >= 4 is 22.7 Å². The van der Waals surface area contributed by atoms with Crippen LogP contribution in [0.1, 0.15) is 0 Å². The van der Waals surface area contributed by atoms with E-state index in [1.54, 1.807) is 0 Å². The summed E-state index contributed by atoms with van der Waals surface area (Å²) in [5.41, 5.74) is -1.38. The van der Waals surface area contributed by atoms with E-state index >= 15 is 0 Å².